The molecule has 3 heteroatoms. The highest BCUT2D eigenvalue weighted by atomic mass is 16.5. The van der Waals surface area contributed by atoms with Gasteiger partial charge in [0.25, 0.3) is 0 Å². The molecule has 96 valence electrons. The molecule has 1 aromatic rings. The van der Waals surface area contributed by atoms with E-state index in [9.17, 15) is 0 Å². The van der Waals surface area contributed by atoms with E-state index in [0.29, 0.717) is 12.6 Å². The van der Waals surface area contributed by atoms with Crippen molar-refractivity contribution < 1.29 is 4.74 Å². The first-order valence-electron chi connectivity index (χ1n) is 6.03. The second kappa shape index (κ2) is 6.03. The Labute approximate surface area is 104 Å². The van der Waals surface area contributed by atoms with Gasteiger partial charge < -0.3 is 15.8 Å². The van der Waals surface area contributed by atoms with Crippen LogP contribution >= 0.6 is 0 Å². The molecule has 3 nitrogen and oxygen atoms in total. The molecule has 0 saturated carbocycles. The fraction of sp³-hybridized carbons (Fsp3) is 0.571. The van der Waals surface area contributed by atoms with E-state index in [0.717, 1.165) is 12.2 Å². The van der Waals surface area contributed by atoms with E-state index in [4.69, 9.17) is 10.5 Å². The quantitative estimate of drug-likeness (QED) is 0.797. The topological polar surface area (TPSA) is 47.3 Å². The zero-order valence-corrected chi connectivity index (χ0v) is 11.3. The number of hydrogen-bond acceptors (Lipinski definition) is 3. The smallest absolute Gasteiger partial charge is 0.119 e. The van der Waals surface area contributed by atoms with Gasteiger partial charge in [-0.2, -0.15) is 0 Å². The first-order chi connectivity index (χ1) is 8.02. The maximum absolute atomic E-state index is 5.79. The van der Waals surface area contributed by atoms with Crippen molar-refractivity contribution in [3.8, 4) is 5.75 Å². The van der Waals surface area contributed by atoms with Gasteiger partial charge in [-0.3, -0.25) is 0 Å². The molecule has 0 aliphatic carbocycles. The van der Waals surface area contributed by atoms with E-state index >= 15 is 0 Å². The maximum Gasteiger partial charge on any atom is 0.119 e. The molecule has 0 amide bonds. The molecule has 0 heterocycles. The third kappa shape index (κ3) is 4.02. The number of nitrogens with two attached hydrogens (primary N) is 1. The van der Waals surface area contributed by atoms with E-state index in [1.54, 1.807) is 7.11 Å². The summed E-state index contributed by atoms with van der Waals surface area (Å²) in [7, 11) is 3.67. The van der Waals surface area contributed by atoms with Crippen LogP contribution in [0.25, 0.3) is 0 Å². The number of benzene rings is 1. The molecule has 0 saturated heterocycles. The van der Waals surface area contributed by atoms with Crippen molar-refractivity contribution in [3.63, 3.8) is 0 Å². The summed E-state index contributed by atoms with van der Waals surface area (Å²) in [5.41, 5.74) is 7.17. The number of ether oxygens (including phenoxy) is 1. The highest BCUT2D eigenvalue weighted by molar-refractivity contribution is 5.30. The minimum absolute atomic E-state index is 0.136. The summed E-state index contributed by atoms with van der Waals surface area (Å²) in [4.78, 5) is 0. The van der Waals surface area contributed by atoms with Crippen molar-refractivity contribution in [1.82, 2.24) is 5.32 Å². The Bertz CT molecular complexity index is 350. The Kier molecular flexibility index (Phi) is 4.97. The molecule has 3 N–H and O–H groups in total. The molecule has 0 spiro atoms. The van der Waals surface area contributed by atoms with Gasteiger partial charge in [0.15, 0.2) is 0 Å². The third-order valence-electron chi connectivity index (χ3n) is 3.15. The summed E-state index contributed by atoms with van der Waals surface area (Å²) in [6, 6.07) is 8.49. The molecule has 0 fully saturated rings. The van der Waals surface area contributed by atoms with Crippen LogP contribution in [-0.2, 0) is 0 Å². The molecule has 1 atom stereocenters. The van der Waals surface area contributed by atoms with E-state index in [-0.39, 0.29) is 5.41 Å². The monoisotopic (exact) mass is 236 g/mol. The second-order valence-electron chi connectivity index (χ2n) is 5.19. The van der Waals surface area contributed by atoms with Crippen LogP contribution in [0.2, 0.25) is 0 Å². The number of methoxy groups -OCH3 is 1. The molecule has 1 rings (SSSR count). The standard InChI is InChI=1S/C14H24N2O/c1-14(2,10-15)9-13(16-3)11-6-5-7-12(8-11)17-4/h5-8,13,16H,9-10,15H2,1-4H3. The van der Waals surface area contributed by atoms with Gasteiger partial charge in [-0.1, -0.05) is 26.0 Å². The Morgan fingerprint density at radius 1 is 1.41 bits per heavy atom. The SMILES string of the molecule is CNC(CC(C)(C)CN)c1cccc(OC)c1. The van der Waals surface area contributed by atoms with Crippen LogP contribution in [0, 0.1) is 5.41 Å². The maximum atomic E-state index is 5.79. The molecule has 0 aliphatic heterocycles. The first kappa shape index (κ1) is 14.0. The van der Waals surface area contributed by atoms with Gasteiger partial charge in [-0.15, -0.1) is 0 Å². The van der Waals surface area contributed by atoms with E-state index < -0.39 is 0 Å². The average molecular weight is 236 g/mol. The lowest BCUT2D eigenvalue weighted by Crippen LogP contribution is -2.30. The van der Waals surface area contributed by atoms with Crippen molar-refractivity contribution >= 4 is 0 Å². The predicted molar refractivity (Wildman–Crippen MR) is 72.2 cm³/mol. The number of rotatable bonds is 6. The summed E-state index contributed by atoms with van der Waals surface area (Å²) in [5, 5.41) is 3.35. The molecule has 1 unspecified atom stereocenters. The number of hydrogen-bond donors (Lipinski definition) is 2. The second-order valence-corrected chi connectivity index (χ2v) is 5.19. The molecular formula is C14H24N2O. The van der Waals surface area contributed by atoms with Gasteiger partial charge in [-0.25, -0.2) is 0 Å². The molecule has 0 radical (unpaired) electrons. The Morgan fingerprint density at radius 3 is 2.65 bits per heavy atom. The van der Waals surface area contributed by atoms with Gasteiger partial charge in [0.2, 0.25) is 0 Å². The summed E-state index contributed by atoms with van der Waals surface area (Å²) in [5.74, 6) is 0.897. The predicted octanol–water partition coefficient (Wildman–Crippen LogP) is 2.33. The largest absolute Gasteiger partial charge is 0.497 e. The van der Waals surface area contributed by atoms with E-state index in [1.165, 1.54) is 5.56 Å². The minimum atomic E-state index is 0.136. The van der Waals surface area contributed by atoms with Gasteiger partial charge in [0.05, 0.1) is 7.11 Å². The van der Waals surface area contributed by atoms with Crippen LogP contribution < -0.4 is 15.8 Å². The van der Waals surface area contributed by atoms with Gasteiger partial charge >= 0.3 is 0 Å². The van der Waals surface area contributed by atoms with Crippen LogP contribution in [-0.4, -0.2) is 20.7 Å². The van der Waals surface area contributed by atoms with Crippen LogP contribution in [0.1, 0.15) is 31.9 Å². The zero-order chi connectivity index (χ0) is 12.9. The molecule has 0 bridgehead atoms. The van der Waals surface area contributed by atoms with Crippen LogP contribution in [0.4, 0.5) is 0 Å². The van der Waals surface area contributed by atoms with Crippen LogP contribution in [0.3, 0.4) is 0 Å². The molecule has 0 aromatic heterocycles. The highest BCUT2D eigenvalue weighted by Gasteiger charge is 2.22. The first-order valence-corrected chi connectivity index (χ1v) is 6.03. The lowest BCUT2D eigenvalue weighted by molar-refractivity contribution is 0.298. The molecule has 0 aliphatic rings. The van der Waals surface area contributed by atoms with Crippen LogP contribution in [0.5, 0.6) is 5.75 Å². The fourth-order valence-electron chi connectivity index (χ4n) is 1.88. The van der Waals surface area contributed by atoms with Gasteiger partial charge in [0, 0.05) is 6.04 Å². The lowest BCUT2D eigenvalue weighted by Gasteiger charge is -2.28. The van der Waals surface area contributed by atoms with Crippen molar-refractivity contribution in [3.05, 3.63) is 29.8 Å². The summed E-state index contributed by atoms with van der Waals surface area (Å²) < 4.78 is 5.25. The normalized spacial score (nSPS) is 13.5. The van der Waals surface area contributed by atoms with E-state index in [1.807, 2.05) is 19.2 Å². The van der Waals surface area contributed by atoms with Crippen LogP contribution in [0.15, 0.2) is 24.3 Å². The van der Waals surface area contributed by atoms with Crippen molar-refractivity contribution in [1.29, 1.82) is 0 Å². The summed E-state index contributed by atoms with van der Waals surface area (Å²) >= 11 is 0. The summed E-state index contributed by atoms with van der Waals surface area (Å²) in [6.45, 7) is 5.07. The zero-order valence-electron chi connectivity index (χ0n) is 11.3. The van der Waals surface area contributed by atoms with Gasteiger partial charge in [-0.05, 0) is 43.1 Å². The van der Waals surface area contributed by atoms with Crippen molar-refractivity contribution in [2.75, 3.05) is 20.7 Å². The molecule has 1 aromatic carbocycles. The third-order valence-corrected chi connectivity index (χ3v) is 3.15. The van der Waals surface area contributed by atoms with Crippen molar-refractivity contribution in [2.24, 2.45) is 11.1 Å². The highest BCUT2D eigenvalue weighted by Crippen LogP contribution is 2.30. The molecule has 17 heavy (non-hydrogen) atoms. The summed E-state index contributed by atoms with van der Waals surface area (Å²) in [6.07, 6.45) is 1.01. The Hall–Kier alpha value is -1.06. The van der Waals surface area contributed by atoms with Crippen molar-refractivity contribution in [2.45, 2.75) is 26.3 Å². The van der Waals surface area contributed by atoms with Gasteiger partial charge in [0.1, 0.15) is 5.75 Å². The van der Waals surface area contributed by atoms with E-state index in [2.05, 4.69) is 31.3 Å². The average Bonchev–Trinajstić information content (AvgIpc) is 2.36. The fourth-order valence-corrected chi connectivity index (χ4v) is 1.88. The Balaban J connectivity index is 2.86. The minimum Gasteiger partial charge on any atom is -0.497 e. The lowest BCUT2D eigenvalue weighted by atomic mass is 9.83. The Morgan fingerprint density at radius 2 is 2.12 bits per heavy atom. The number of nitrogens with one attached hydrogen (secondary N) is 1. The molecular weight excluding hydrogens is 212 g/mol.